The summed E-state index contributed by atoms with van der Waals surface area (Å²) < 4.78 is 38.0. The summed E-state index contributed by atoms with van der Waals surface area (Å²) in [4.78, 5) is 14.2. The molecule has 2 rings (SSSR count). The van der Waals surface area contributed by atoms with Crippen LogP contribution in [0, 0.1) is 0 Å². The molecule has 0 saturated carbocycles. The Morgan fingerprint density at radius 3 is 2.59 bits per heavy atom. The van der Waals surface area contributed by atoms with Crippen LogP contribution in [0.25, 0.3) is 10.9 Å². The van der Waals surface area contributed by atoms with E-state index in [4.69, 9.17) is 11.6 Å². The number of fused-ring (bicyclic) bond motifs is 1. The first-order valence-corrected chi connectivity index (χ1v) is 4.92. The van der Waals surface area contributed by atoms with E-state index in [1.54, 1.807) is 0 Å². The van der Waals surface area contributed by atoms with Gasteiger partial charge in [-0.05, 0) is 6.07 Å². The standard InChI is InChI=1S/C11H5ClF3NO/c12-9-6(5-17)4-16-10-7(9)2-1-3-8(10)11(13,14)15/h1-5H. The van der Waals surface area contributed by atoms with Crippen LogP contribution in [0.1, 0.15) is 15.9 Å². The zero-order chi connectivity index (χ0) is 12.6. The van der Waals surface area contributed by atoms with Gasteiger partial charge in [0.1, 0.15) is 0 Å². The molecular formula is C11H5ClF3NO. The highest BCUT2D eigenvalue weighted by Crippen LogP contribution is 2.36. The molecule has 0 aliphatic carbocycles. The number of aromatic nitrogens is 1. The highest BCUT2D eigenvalue weighted by Gasteiger charge is 2.33. The van der Waals surface area contributed by atoms with Crippen molar-refractivity contribution in [1.82, 2.24) is 4.98 Å². The Hall–Kier alpha value is -1.62. The van der Waals surface area contributed by atoms with Gasteiger partial charge in [0.25, 0.3) is 0 Å². The number of carbonyl (C=O) groups excluding carboxylic acids is 1. The lowest BCUT2D eigenvalue weighted by molar-refractivity contribution is -0.136. The van der Waals surface area contributed by atoms with Gasteiger partial charge in [0.15, 0.2) is 6.29 Å². The van der Waals surface area contributed by atoms with E-state index in [2.05, 4.69) is 4.98 Å². The predicted octanol–water partition coefficient (Wildman–Crippen LogP) is 3.72. The summed E-state index contributed by atoms with van der Waals surface area (Å²) >= 11 is 5.83. The van der Waals surface area contributed by atoms with Gasteiger partial charge in [0.2, 0.25) is 0 Å². The van der Waals surface area contributed by atoms with E-state index in [0.29, 0.717) is 6.29 Å². The molecule has 0 saturated heterocycles. The number of nitrogens with zero attached hydrogens (tertiary/aromatic N) is 1. The normalized spacial score (nSPS) is 11.8. The Balaban J connectivity index is 2.84. The molecule has 0 unspecified atom stereocenters. The van der Waals surface area contributed by atoms with Gasteiger partial charge in [-0.1, -0.05) is 23.7 Å². The van der Waals surface area contributed by atoms with Crippen LogP contribution in [0.15, 0.2) is 24.4 Å². The largest absolute Gasteiger partial charge is 0.418 e. The summed E-state index contributed by atoms with van der Waals surface area (Å²) in [7, 11) is 0. The highest BCUT2D eigenvalue weighted by molar-refractivity contribution is 6.37. The second kappa shape index (κ2) is 4.00. The summed E-state index contributed by atoms with van der Waals surface area (Å²) in [6.45, 7) is 0. The maximum atomic E-state index is 12.7. The number of rotatable bonds is 1. The lowest BCUT2D eigenvalue weighted by atomic mass is 10.1. The van der Waals surface area contributed by atoms with E-state index in [1.807, 2.05) is 0 Å². The molecule has 0 aliphatic heterocycles. The predicted molar refractivity (Wildman–Crippen MR) is 57.1 cm³/mol. The molecule has 0 N–H and O–H groups in total. The van der Waals surface area contributed by atoms with Gasteiger partial charge in [0, 0.05) is 11.6 Å². The minimum Gasteiger partial charge on any atom is -0.298 e. The van der Waals surface area contributed by atoms with Gasteiger partial charge >= 0.3 is 6.18 Å². The molecule has 0 spiro atoms. The second-order valence-corrected chi connectivity index (χ2v) is 3.72. The van der Waals surface area contributed by atoms with Crippen LogP contribution in [0.4, 0.5) is 13.2 Å². The Morgan fingerprint density at radius 1 is 1.29 bits per heavy atom. The first-order valence-electron chi connectivity index (χ1n) is 4.54. The van der Waals surface area contributed by atoms with Crippen LogP contribution in [0.3, 0.4) is 0 Å². The molecule has 1 heterocycles. The zero-order valence-electron chi connectivity index (χ0n) is 8.25. The average molecular weight is 260 g/mol. The summed E-state index contributed by atoms with van der Waals surface area (Å²) in [6.07, 6.45) is -3.01. The summed E-state index contributed by atoms with van der Waals surface area (Å²) in [6, 6.07) is 3.55. The number of para-hydroxylation sites is 1. The maximum Gasteiger partial charge on any atom is 0.418 e. The number of carbonyl (C=O) groups is 1. The Morgan fingerprint density at radius 2 is 2.00 bits per heavy atom. The smallest absolute Gasteiger partial charge is 0.298 e. The van der Waals surface area contributed by atoms with Crippen LogP contribution in [0.5, 0.6) is 0 Å². The first-order chi connectivity index (χ1) is 7.95. The number of halogens is 4. The minimum absolute atomic E-state index is 0.0175. The quantitative estimate of drug-likeness (QED) is 0.731. The first kappa shape index (κ1) is 11.9. The lowest BCUT2D eigenvalue weighted by Gasteiger charge is -2.10. The van der Waals surface area contributed by atoms with Crippen LogP contribution in [0.2, 0.25) is 5.02 Å². The third-order valence-corrected chi connectivity index (χ3v) is 2.71. The molecule has 0 aliphatic rings. The number of aldehydes is 1. The fraction of sp³-hybridized carbons (Fsp3) is 0.0909. The molecule has 0 fully saturated rings. The number of benzene rings is 1. The van der Waals surface area contributed by atoms with Crippen LogP contribution < -0.4 is 0 Å². The minimum atomic E-state index is -4.50. The number of hydrogen-bond acceptors (Lipinski definition) is 2. The average Bonchev–Trinajstić information content (AvgIpc) is 2.28. The Kier molecular flexibility index (Phi) is 2.79. The molecule has 0 radical (unpaired) electrons. The molecule has 17 heavy (non-hydrogen) atoms. The van der Waals surface area contributed by atoms with Crippen molar-refractivity contribution in [2.75, 3.05) is 0 Å². The number of hydrogen-bond donors (Lipinski definition) is 0. The van der Waals surface area contributed by atoms with Gasteiger partial charge in [-0.2, -0.15) is 13.2 Å². The molecule has 2 nitrogen and oxygen atoms in total. The highest BCUT2D eigenvalue weighted by atomic mass is 35.5. The van der Waals surface area contributed by atoms with E-state index in [1.165, 1.54) is 12.1 Å². The van der Waals surface area contributed by atoms with Crippen LogP contribution >= 0.6 is 11.6 Å². The third-order valence-electron chi connectivity index (χ3n) is 2.29. The molecule has 0 amide bonds. The van der Waals surface area contributed by atoms with E-state index in [-0.39, 0.29) is 21.5 Å². The molecule has 1 aromatic carbocycles. The van der Waals surface area contributed by atoms with Gasteiger partial charge in [-0.15, -0.1) is 0 Å². The molecule has 1 aromatic heterocycles. The van der Waals surface area contributed by atoms with Gasteiger partial charge in [0.05, 0.1) is 21.7 Å². The molecule has 6 heteroatoms. The molecular weight excluding hydrogens is 255 g/mol. The van der Waals surface area contributed by atoms with E-state index < -0.39 is 11.7 Å². The van der Waals surface area contributed by atoms with E-state index in [9.17, 15) is 18.0 Å². The fourth-order valence-corrected chi connectivity index (χ4v) is 1.76. The van der Waals surface area contributed by atoms with Gasteiger partial charge < -0.3 is 0 Å². The monoisotopic (exact) mass is 259 g/mol. The van der Waals surface area contributed by atoms with Gasteiger partial charge in [-0.3, -0.25) is 9.78 Å². The van der Waals surface area contributed by atoms with Gasteiger partial charge in [-0.25, -0.2) is 0 Å². The van der Waals surface area contributed by atoms with Crippen molar-refractivity contribution >= 4 is 28.8 Å². The van der Waals surface area contributed by atoms with Crippen molar-refractivity contribution in [3.05, 3.63) is 40.5 Å². The SMILES string of the molecule is O=Cc1cnc2c(C(F)(F)F)cccc2c1Cl. The second-order valence-electron chi connectivity index (χ2n) is 3.34. The Bertz CT molecular complexity index is 595. The number of alkyl halides is 3. The topological polar surface area (TPSA) is 30.0 Å². The summed E-state index contributed by atoms with van der Waals surface area (Å²) in [5.41, 5.74) is -1.05. The van der Waals surface area contributed by atoms with E-state index >= 15 is 0 Å². The van der Waals surface area contributed by atoms with Crippen LogP contribution in [-0.4, -0.2) is 11.3 Å². The molecule has 0 atom stereocenters. The zero-order valence-corrected chi connectivity index (χ0v) is 9.01. The van der Waals surface area contributed by atoms with Crippen molar-refractivity contribution < 1.29 is 18.0 Å². The summed E-state index contributed by atoms with van der Waals surface area (Å²) in [5.74, 6) is 0. The van der Waals surface area contributed by atoms with Crippen molar-refractivity contribution in [3.8, 4) is 0 Å². The van der Waals surface area contributed by atoms with Crippen molar-refractivity contribution in [2.45, 2.75) is 6.18 Å². The van der Waals surface area contributed by atoms with E-state index in [0.717, 1.165) is 12.3 Å². The summed E-state index contributed by atoms with van der Waals surface area (Å²) in [5, 5.41) is 0.0993. The third kappa shape index (κ3) is 1.98. The number of pyridine rings is 1. The van der Waals surface area contributed by atoms with Crippen molar-refractivity contribution in [2.24, 2.45) is 0 Å². The lowest BCUT2D eigenvalue weighted by Crippen LogP contribution is -2.06. The Labute approximate surface area is 99.0 Å². The maximum absolute atomic E-state index is 12.7. The molecule has 88 valence electrons. The molecule has 0 bridgehead atoms. The van der Waals surface area contributed by atoms with Crippen LogP contribution in [-0.2, 0) is 6.18 Å². The van der Waals surface area contributed by atoms with Crippen molar-refractivity contribution in [1.29, 1.82) is 0 Å². The van der Waals surface area contributed by atoms with Crippen molar-refractivity contribution in [3.63, 3.8) is 0 Å². The fourth-order valence-electron chi connectivity index (χ4n) is 1.52. The molecule has 2 aromatic rings.